The Morgan fingerprint density at radius 1 is 1.19 bits per heavy atom. The molecular weight excluding hydrogens is 284 g/mol. The van der Waals surface area contributed by atoms with Crippen molar-refractivity contribution < 1.29 is 9.90 Å². The normalized spacial score (nSPS) is 10.4. The molecule has 2 N–H and O–H groups in total. The van der Waals surface area contributed by atoms with Crippen LogP contribution in [0.5, 0.6) is 0 Å². The second kappa shape index (κ2) is 10.5. The highest BCUT2D eigenvalue weighted by Crippen LogP contribution is 2.14. The van der Waals surface area contributed by atoms with Crippen LogP contribution in [0.2, 0.25) is 0 Å². The fourth-order valence-corrected chi connectivity index (χ4v) is 2.80. The standard InChI is InChI=1S/C16H26N2O2S/c1-3-18(4-2)15-8-6-14(7-9-15)16(20)17-10-13-21-12-5-11-19/h6-9,19H,3-5,10-13H2,1-2H3,(H,17,20). The molecule has 0 aromatic heterocycles. The van der Waals surface area contributed by atoms with E-state index in [0.717, 1.165) is 36.7 Å². The Balaban J connectivity index is 2.37. The van der Waals surface area contributed by atoms with Crippen molar-refractivity contribution in [1.82, 2.24) is 5.32 Å². The minimum Gasteiger partial charge on any atom is -0.396 e. The van der Waals surface area contributed by atoms with Gasteiger partial charge in [-0.1, -0.05) is 0 Å². The van der Waals surface area contributed by atoms with Crippen LogP contribution < -0.4 is 10.2 Å². The van der Waals surface area contributed by atoms with Crippen molar-refractivity contribution in [3.05, 3.63) is 29.8 Å². The van der Waals surface area contributed by atoms with Crippen LogP contribution >= 0.6 is 11.8 Å². The van der Waals surface area contributed by atoms with E-state index in [9.17, 15) is 4.79 Å². The summed E-state index contributed by atoms with van der Waals surface area (Å²) in [5.41, 5.74) is 1.85. The van der Waals surface area contributed by atoms with Gasteiger partial charge < -0.3 is 15.3 Å². The van der Waals surface area contributed by atoms with Gasteiger partial charge in [0.2, 0.25) is 0 Å². The highest BCUT2D eigenvalue weighted by atomic mass is 32.2. The lowest BCUT2D eigenvalue weighted by Crippen LogP contribution is -2.26. The van der Waals surface area contributed by atoms with E-state index in [1.54, 1.807) is 11.8 Å². The van der Waals surface area contributed by atoms with Crippen LogP contribution in [0.3, 0.4) is 0 Å². The van der Waals surface area contributed by atoms with Crippen LogP contribution in [-0.2, 0) is 0 Å². The number of hydrogen-bond donors (Lipinski definition) is 2. The van der Waals surface area contributed by atoms with Gasteiger partial charge in [0, 0.05) is 43.2 Å². The quantitative estimate of drug-likeness (QED) is 0.652. The van der Waals surface area contributed by atoms with Crippen LogP contribution in [0.25, 0.3) is 0 Å². The summed E-state index contributed by atoms with van der Waals surface area (Å²) in [7, 11) is 0. The number of benzene rings is 1. The molecule has 0 spiro atoms. The summed E-state index contributed by atoms with van der Waals surface area (Å²) < 4.78 is 0. The van der Waals surface area contributed by atoms with E-state index >= 15 is 0 Å². The number of carbonyl (C=O) groups is 1. The fraction of sp³-hybridized carbons (Fsp3) is 0.562. The van der Waals surface area contributed by atoms with Crippen molar-refractivity contribution in [3.63, 3.8) is 0 Å². The predicted molar refractivity (Wildman–Crippen MR) is 91.4 cm³/mol. The van der Waals surface area contributed by atoms with E-state index in [2.05, 4.69) is 24.1 Å². The van der Waals surface area contributed by atoms with E-state index in [-0.39, 0.29) is 12.5 Å². The Kier molecular flexibility index (Phi) is 8.94. The Morgan fingerprint density at radius 3 is 2.43 bits per heavy atom. The summed E-state index contributed by atoms with van der Waals surface area (Å²) in [6.07, 6.45) is 0.811. The van der Waals surface area contributed by atoms with Gasteiger partial charge in [-0.25, -0.2) is 0 Å². The number of hydrogen-bond acceptors (Lipinski definition) is 4. The molecule has 1 aromatic carbocycles. The summed E-state index contributed by atoms with van der Waals surface area (Å²) in [6.45, 7) is 7.07. The van der Waals surface area contributed by atoms with E-state index in [0.29, 0.717) is 12.1 Å². The Labute approximate surface area is 131 Å². The number of carbonyl (C=O) groups excluding carboxylic acids is 1. The molecule has 0 aliphatic heterocycles. The summed E-state index contributed by atoms with van der Waals surface area (Å²) in [5, 5.41) is 11.6. The molecule has 0 saturated carbocycles. The molecule has 0 aliphatic rings. The molecular formula is C16H26N2O2S. The van der Waals surface area contributed by atoms with Gasteiger partial charge in [0.1, 0.15) is 0 Å². The van der Waals surface area contributed by atoms with Crippen LogP contribution in [0, 0.1) is 0 Å². The average molecular weight is 310 g/mol. The van der Waals surface area contributed by atoms with Crippen molar-refractivity contribution in [2.75, 3.05) is 42.6 Å². The van der Waals surface area contributed by atoms with Crippen LogP contribution in [0.1, 0.15) is 30.6 Å². The summed E-state index contributed by atoms with van der Waals surface area (Å²) >= 11 is 1.75. The number of anilines is 1. The molecule has 1 amide bonds. The first-order valence-electron chi connectivity index (χ1n) is 7.54. The van der Waals surface area contributed by atoms with Gasteiger partial charge >= 0.3 is 0 Å². The molecule has 0 bridgehead atoms. The lowest BCUT2D eigenvalue weighted by atomic mass is 10.2. The van der Waals surface area contributed by atoms with Crippen molar-refractivity contribution in [2.45, 2.75) is 20.3 Å². The second-order valence-corrected chi connectivity index (χ2v) is 5.89. The van der Waals surface area contributed by atoms with Crippen LogP contribution in [0.4, 0.5) is 5.69 Å². The van der Waals surface area contributed by atoms with Crippen molar-refractivity contribution in [2.24, 2.45) is 0 Å². The van der Waals surface area contributed by atoms with E-state index in [1.165, 1.54) is 0 Å². The zero-order valence-corrected chi connectivity index (χ0v) is 13.8. The lowest BCUT2D eigenvalue weighted by molar-refractivity contribution is 0.0956. The number of aliphatic hydroxyl groups excluding tert-OH is 1. The fourth-order valence-electron chi connectivity index (χ4n) is 2.02. The van der Waals surface area contributed by atoms with Gasteiger partial charge in [0.15, 0.2) is 0 Å². The Hall–Kier alpha value is -1.20. The SMILES string of the molecule is CCN(CC)c1ccc(C(=O)NCCSCCCO)cc1. The zero-order valence-electron chi connectivity index (χ0n) is 13.0. The third-order valence-electron chi connectivity index (χ3n) is 3.24. The van der Waals surface area contributed by atoms with Gasteiger partial charge in [-0.15, -0.1) is 0 Å². The smallest absolute Gasteiger partial charge is 0.251 e. The second-order valence-electron chi connectivity index (χ2n) is 4.66. The number of amides is 1. The number of nitrogens with one attached hydrogen (secondary N) is 1. The van der Waals surface area contributed by atoms with E-state index in [1.807, 2.05) is 24.3 Å². The Morgan fingerprint density at radius 2 is 1.86 bits per heavy atom. The number of thioether (sulfide) groups is 1. The first-order chi connectivity index (χ1) is 10.2. The molecule has 0 fully saturated rings. The molecule has 0 heterocycles. The minimum absolute atomic E-state index is 0.0242. The van der Waals surface area contributed by atoms with Gasteiger partial charge in [0.05, 0.1) is 0 Å². The maximum atomic E-state index is 12.0. The van der Waals surface area contributed by atoms with Crippen LogP contribution in [-0.4, -0.2) is 48.8 Å². The topological polar surface area (TPSA) is 52.6 Å². The third-order valence-corrected chi connectivity index (χ3v) is 4.31. The summed E-state index contributed by atoms with van der Waals surface area (Å²) in [5.74, 6) is 1.79. The zero-order chi connectivity index (χ0) is 15.5. The van der Waals surface area contributed by atoms with Crippen molar-refractivity contribution in [1.29, 1.82) is 0 Å². The van der Waals surface area contributed by atoms with Gasteiger partial charge in [0.25, 0.3) is 5.91 Å². The van der Waals surface area contributed by atoms with Gasteiger partial charge in [-0.3, -0.25) is 4.79 Å². The first-order valence-corrected chi connectivity index (χ1v) is 8.70. The molecule has 0 saturated heterocycles. The molecule has 0 unspecified atom stereocenters. The van der Waals surface area contributed by atoms with Crippen molar-refractivity contribution >= 4 is 23.4 Å². The molecule has 1 aromatic rings. The van der Waals surface area contributed by atoms with Crippen LogP contribution in [0.15, 0.2) is 24.3 Å². The summed E-state index contributed by atoms with van der Waals surface area (Å²) in [6, 6.07) is 7.75. The third kappa shape index (κ3) is 6.40. The minimum atomic E-state index is -0.0242. The molecule has 21 heavy (non-hydrogen) atoms. The van der Waals surface area contributed by atoms with Gasteiger partial charge in [-0.2, -0.15) is 11.8 Å². The molecule has 0 radical (unpaired) electrons. The highest BCUT2D eigenvalue weighted by molar-refractivity contribution is 7.99. The van der Waals surface area contributed by atoms with E-state index in [4.69, 9.17) is 5.11 Å². The Bertz CT molecular complexity index is 405. The predicted octanol–water partition coefficient (Wildman–Crippen LogP) is 2.38. The maximum absolute atomic E-state index is 12.0. The molecule has 118 valence electrons. The average Bonchev–Trinajstić information content (AvgIpc) is 2.52. The number of aliphatic hydroxyl groups is 1. The summed E-state index contributed by atoms with van der Waals surface area (Å²) in [4.78, 5) is 14.2. The lowest BCUT2D eigenvalue weighted by Gasteiger charge is -2.21. The molecule has 5 heteroatoms. The molecule has 0 aliphatic carbocycles. The monoisotopic (exact) mass is 310 g/mol. The highest BCUT2D eigenvalue weighted by Gasteiger charge is 2.06. The van der Waals surface area contributed by atoms with Crippen molar-refractivity contribution in [3.8, 4) is 0 Å². The molecule has 0 atom stereocenters. The number of nitrogens with zero attached hydrogens (tertiary/aromatic N) is 1. The van der Waals surface area contributed by atoms with Gasteiger partial charge in [-0.05, 0) is 50.3 Å². The largest absolute Gasteiger partial charge is 0.396 e. The molecule has 1 rings (SSSR count). The molecule has 4 nitrogen and oxygen atoms in total. The van der Waals surface area contributed by atoms with E-state index < -0.39 is 0 Å². The maximum Gasteiger partial charge on any atom is 0.251 e. The first kappa shape index (κ1) is 17.9. The number of rotatable bonds is 10.